The van der Waals surface area contributed by atoms with E-state index in [0.717, 1.165) is 90.1 Å². The number of hydrogen-bond acceptors (Lipinski definition) is 10. The molecule has 0 N–H and O–H groups in total. The molecule has 1 saturated heterocycles. The van der Waals surface area contributed by atoms with Crippen LogP contribution in [-0.4, -0.2) is 70.4 Å². The molecule has 1 fully saturated rings. The van der Waals surface area contributed by atoms with Crippen LogP contribution in [0.1, 0.15) is 133 Å². The van der Waals surface area contributed by atoms with Gasteiger partial charge in [0, 0.05) is 13.2 Å². The van der Waals surface area contributed by atoms with E-state index in [1.54, 1.807) is 19.1 Å². The van der Waals surface area contributed by atoms with Crippen molar-refractivity contribution in [2.75, 3.05) is 46.2 Å². The topological polar surface area (TPSA) is 116 Å². The lowest BCUT2D eigenvalue weighted by Crippen LogP contribution is -2.22. The third-order valence-corrected chi connectivity index (χ3v) is 7.55. The van der Waals surface area contributed by atoms with Gasteiger partial charge in [0.15, 0.2) is 6.29 Å². The Bertz CT molecular complexity index is 960. The summed E-state index contributed by atoms with van der Waals surface area (Å²) in [6.45, 7) is 7.41. The van der Waals surface area contributed by atoms with Crippen molar-refractivity contribution in [1.29, 1.82) is 0 Å². The highest BCUT2D eigenvalue weighted by molar-refractivity contribution is 5.93. The molecular formula is C36H58O10. The summed E-state index contributed by atoms with van der Waals surface area (Å²) in [5.41, 5.74) is 0.377. The summed E-state index contributed by atoms with van der Waals surface area (Å²) in [4.78, 5) is 36.1. The molecule has 0 aliphatic carbocycles. The summed E-state index contributed by atoms with van der Waals surface area (Å²) in [5.74, 6) is -0.0676. The van der Waals surface area contributed by atoms with Gasteiger partial charge in [-0.1, -0.05) is 32.6 Å². The molecule has 1 aromatic rings. The van der Waals surface area contributed by atoms with E-state index in [4.69, 9.17) is 33.2 Å². The third kappa shape index (κ3) is 19.0. The van der Waals surface area contributed by atoms with Crippen LogP contribution in [-0.2, 0) is 33.3 Å². The van der Waals surface area contributed by atoms with Crippen LogP contribution in [0.2, 0.25) is 0 Å². The highest BCUT2D eigenvalue weighted by atomic mass is 16.7. The maximum atomic E-state index is 13.1. The van der Waals surface area contributed by atoms with Gasteiger partial charge >= 0.3 is 17.9 Å². The predicted octanol–water partition coefficient (Wildman–Crippen LogP) is 7.73. The number of carbonyl (C=O) groups is 3. The molecule has 0 amide bonds. The molecular weight excluding hydrogens is 592 g/mol. The molecule has 46 heavy (non-hydrogen) atoms. The molecule has 262 valence electrons. The van der Waals surface area contributed by atoms with E-state index in [9.17, 15) is 14.4 Å². The van der Waals surface area contributed by atoms with Gasteiger partial charge in [0.05, 0.1) is 45.9 Å². The van der Waals surface area contributed by atoms with Crippen LogP contribution in [0, 0.1) is 0 Å². The van der Waals surface area contributed by atoms with E-state index in [-0.39, 0.29) is 25.1 Å². The Morgan fingerprint density at radius 1 is 0.696 bits per heavy atom. The number of esters is 3. The number of carbonyl (C=O) groups excluding carboxylic acids is 3. The Labute approximate surface area is 276 Å². The number of ether oxygens (including phenoxy) is 7. The maximum absolute atomic E-state index is 13.1. The first-order valence-corrected chi connectivity index (χ1v) is 17.6. The highest BCUT2D eigenvalue weighted by Gasteiger charge is 2.17. The van der Waals surface area contributed by atoms with Crippen molar-refractivity contribution in [1.82, 2.24) is 0 Å². The van der Waals surface area contributed by atoms with Crippen molar-refractivity contribution in [3.05, 3.63) is 23.8 Å². The monoisotopic (exact) mass is 650 g/mol. The van der Waals surface area contributed by atoms with Gasteiger partial charge in [0.2, 0.25) is 0 Å². The van der Waals surface area contributed by atoms with E-state index in [2.05, 4.69) is 6.92 Å². The Balaban J connectivity index is 1.69. The Morgan fingerprint density at radius 2 is 1.33 bits per heavy atom. The number of benzene rings is 1. The van der Waals surface area contributed by atoms with E-state index in [0.29, 0.717) is 56.7 Å². The molecule has 1 atom stereocenters. The van der Waals surface area contributed by atoms with Crippen LogP contribution in [0.3, 0.4) is 0 Å². The first-order valence-electron chi connectivity index (χ1n) is 17.6. The quantitative estimate of drug-likeness (QED) is 0.0532. The molecule has 1 unspecified atom stereocenters. The maximum Gasteiger partial charge on any atom is 0.342 e. The zero-order chi connectivity index (χ0) is 33.1. The lowest BCUT2D eigenvalue weighted by atomic mass is 10.1. The summed E-state index contributed by atoms with van der Waals surface area (Å²) in [6.07, 6.45) is 14.7. The second-order valence-corrected chi connectivity index (χ2v) is 11.6. The molecule has 1 aliphatic heterocycles. The van der Waals surface area contributed by atoms with Crippen LogP contribution in [0.4, 0.5) is 0 Å². The van der Waals surface area contributed by atoms with E-state index in [1.165, 1.54) is 12.8 Å². The van der Waals surface area contributed by atoms with E-state index < -0.39 is 11.9 Å². The average Bonchev–Trinajstić information content (AvgIpc) is 3.07. The molecule has 1 heterocycles. The second-order valence-electron chi connectivity index (χ2n) is 11.6. The summed E-state index contributed by atoms with van der Waals surface area (Å²) in [5, 5.41) is 0. The van der Waals surface area contributed by atoms with Gasteiger partial charge in [-0.15, -0.1) is 0 Å². The summed E-state index contributed by atoms with van der Waals surface area (Å²) >= 11 is 0. The normalized spacial score (nSPS) is 14.4. The minimum absolute atomic E-state index is 0.0338. The van der Waals surface area contributed by atoms with Crippen molar-refractivity contribution in [2.24, 2.45) is 0 Å². The van der Waals surface area contributed by atoms with Gasteiger partial charge in [-0.3, -0.25) is 9.59 Å². The average molecular weight is 651 g/mol. The second kappa shape index (κ2) is 26.2. The van der Waals surface area contributed by atoms with Crippen LogP contribution in [0.25, 0.3) is 0 Å². The molecule has 0 saturated carbocycles. The number of hydrogen-bond donors (Lipinski definition) is 0. The van der Waals surface area contributed by atoms with Crippen LogP contribution < -0.4 is 9.47 Å². The van der Waals surface area contributed by atoms with Crippen molar-refractivity contribution in [3.63, 3.8) is 0 Å². The molecule has 2 rings (SSSR count). The Hall–Kier alpha value is -2.85. The Morgan fingerprint density at radius 3 is 2.00 bits per heavy atom. The lowest BCUT2D eigenvalue weighted by molar-refractivity contribution is -0.162. The van der Waals surface area contributed by atoms with Crippen LogP contribution in [0.15, 0.2) is 18.2 Å². The van der Waals surface area contributed by atoms with E-state index in [1.807, 2.05) is 6.07 Å². The van der Waals surface area contributed by atoms with E-state index >= 15 is 0 Å². The highest BCUT2D eigenvalue weighted by Crippen LogP contribution is 2.26. The fraction of sp³-hybridized carbons (Fsp3) is 0.750. The van der Waals surface area contributed by atoms with Gasteiger partial charge < -0.3 is 33.2 Å². The van der Waals surface area contributed by atoms with Gasteiger partial charge in [-0.05, 0) is 95.8 Å². The van der Waals surface area contributed by atoms with Crippen molar-refractivity contribution < 1.29 is 47.5 Å². The van der Waals surface area contributed by atoms with Crippen molar-refractivity contribution in [2.45, 2.75) is 129 Å². The molecule has 0 bridgehead atoms. The zero-order valence-corrected chi connectivity index (χ0v) is 28.4. The summed E-state index contributed by atoms with van der Waals surface area (Å²) < 4.78 is 38.9. The molecule has 0 spiro atoms. The predicted molar refractivity (Wildman–Crippen MR) is 175 cm³/mol. The molecule has 0 radical (unpaired) electrons. The van der Waals surface area contributed by atoms with Gasteiger partial charge in [-0.2, -0.15) is 0 Å². The standard InChI is InChI=1S/C36H58O10/c1-3-5-6-12-23-41-30-19-20-32(42-24-13-7-8-14-25-43-34(38)22-21-33(37)40-4-2)31(29-30)36(39)46-28-16-10-9-15-26-44-35-18-11-17-27-45-35/h19-20,29,35H,3-18,21-28H2,1-2H3. The lowest BCUT2D eigenvalue weighted by Gasteiger charge is -2.22. The summed E-state index contributed by atoms with van der Waals surface area (Å²) in [6, 6.07) is 5.34. The minimum atomic E-state index is -0.408. The van der Waals surface area contributed by atoms with Gasteiger partial charge in [0.1, 0.15) is 17.1 Å². The summed E-state index contributed by atoms with van der Waals surface area (Å²) in [7, 11) is 0. The molecule has 10 heteroatoms. The van der Waals surface area contributed by atoms with Crippen molar-refractivity contribution >= 4 is 17.9 Å². The first kappa shape index (κ1) is 39.3. The largest absolute Gasteiger partial charge is 0.494 e. The number of unbranched alkanes of at least 4 members (excludes halogenated alkanes) is 9. The molecule has 0 aromatic heterocycles. The third-order valence-electron chi connectivity index (χ3n) is 7.55. The minimum Gasteiger partial charge on any atom is -0.494 e. The first-order chi connectivity index (χ1) is 22.5. The fourth-order valence-corrected chi connectivity index (χ4v) is 4.90. The SMILES string of the molecule is CCCCCCOc1ccc(OCCCCCCOC(=O)CCC(=O)OCC)c(C(=O)OCCCCCCOC2CCCCO2)c1. The molecule has 1 aromatic carbocycles. The van der Waals surface area contributed by atoms with Crippen molar-refractivity contribution in [3.8, 4) is 11.5 Å². The Kier molecular flexibility index (Phi) is 22.4. The van der Waals surface area contributed by atoms with Crippen LogP contribution in [0.5, 0.6) is 11.5 Å². The van der Waals surface area contributed by atoms with Gasteiger partial charge in [-0.25, -0.2) is 4.79 Å². The number of rotatable bonds is 27. The molecule has 1 aliphatic rings. The smallest absolute Gasteiger partial charge is 0.342 e. The van der Waals surface area contributed by atoms with Gasteiger partial charge in [0.25, 0.3) is 0 Å². The van der Waals surface area contributed by atoms with Crippen LogP contribution >= 0.6 is 0 Å². The fourth-order valence-electron chi connectivity index (χ4n) is 4.90. The zero-order valence-electron chi connectivity index (χ0n) is 28.4. The molecule has 10 nitrogen and oxygen atoms in total.